The van der Waals surface area contributed by atoms with Gasteiger partial charge in [0.2, 0.25) is 5.91 Å². The normalized spacial score (nSPS) is 24.0. The number of carbonyl (C=O) groups is 1. The van der Waals surface area contributed by atoms with Crippen LogP contribution in [0.15, 0.2) is 54.6 Å². The van der Waals surface area contributed by atoms with Crippen LogP contribution in [0.2, 0.25) is 0 Å². The fraction of sp³-hybridized carbons (Fsp3) is 0.552. The third-order valence-corrected chi connectivity index (χ3v) is 8.27. The van der Waals surface area contributed by atoms with Crippen molar-refractivity contribution in [1.29, 1.82) is 0 Å². The first-order chi connectivity index (χ1) is 16.7. The van der Waals surface area contributed by atoms with Crippen molar-refractivity contribution >= 4 is 11.6 Å². The number of anilines is 1. The molecular weight excluding hydrogens is 422 g/mol. The molecule has 3 heterocycles. The topological polar surface area (TPSA) is 36.0 Å². The third-order valence-electron chi connectivity index (χ3n) is 8.27. The molecule has 3 aliphatic heterocycles. The molecule has 0 aromatic heterocycles. The van der Waals surface area contributed by atoms with E-state index < -0.39 is 0 Å². The van der Waals surface area contributed by atoms with Gasteiger partial charge < -0.3 is 14.5 Å². The van der Waals surface area contributed by atoms with Crippen molar-refractivity contribution in [3.05, 3.63) is 60.2 Å². The number of rotatable bonds is 7. The Bertz CT molecular complexity index is 919. The summed E-state index contributed by atoms with van der Waals surface area (Å²) in [6, 6.07) is 18.8. The van der Waals surface area contributed by atoms with E-state index in [-0.39, 0.29) is 5.92 Å². The molecule has 2 aromatic rings. The van der Waals surface area contributed by atoms with E-state index in [0.717, 1.165) is 58.0 Å². The first-order valence-corrected chi connectivity index (χ1v) is 13.2. The Morgan fingerprint density at radius 1 is 0.882 bits per heavy atom. The van der Waals surface area contributed by atoms with Crippen molar-refractivity contribution in [2.45, 2.75) is 38.0 Å². The van der Waals surface area contributed by atoms with Crippen LogP contribution >= 0.6 is 0 Å². The summed E-state index contributed by atoms with van der Waals surface area (Å²) in [6.45, 7) is 6.90. The second-order valence-electron chi connectivity index (χ2n) is 10.4. The van der Waals surface area contributed by atoms with Gasteiger partial charge in [-0.1, -0.05) is 42.5 Å². The SMILES string of the molecule is COc1ccccc1N1CCN(CCC(C(=O)N2CC3CCC(CC3)C2)c2ccccc2)CC1. The molecule has 5 heteroatoms. The van der Waals surface area contributed by atoms with E-state index in [0.29, 0.717) is 17.7 Å². The molecule has 2 bridgehead atoms. The molecule has 4 fully saturated rings. The number of benzene rings is 2. The zero-order valence-electron chi connectivity index (χ0n) is 20.6. The Kier molecular flexibility index (Phi) is 7.39. The van der Waals surface area contributed by atoms with E-state index in [1.165, 1.54) is 36.9 Å². The van der Waals surface area contributed by atoms with Crippen LogP contribution in [0.5, 0.6) is 5.75 Å². The van der Waals surface area contributed by atoms with Gasteiger partial charge in [-0.2, -0.15) is 0 Å². The van der Waals surface area contributed by atoms with E-state index in [1.54, 1.807) is 7.11 Å². The Labute approximate surface area is 204 Å². The van der Waals surface area contributed by atoms with Gasteiger partial charge in [0.15, 0.2) is 0 Å². The molecular formula is C29H39N3O2. The zero-order valence-corrected chi connectivity index (χ0v) is 20.6. The van der Waals surface area contributed by atoms with E-state index in [1.807, 2.05) is 18.2 Å². The molecule has 5 nitrogen and oxygen atoms in total. The van der Waals surface area contributed by atoms with Crippen molar-refractivity contribution in [3.8, 4) is 5.75 Å². The van der Waals surface area contributed by atoms with Crippen molar-refractivity contribution in [2.24, 2.45) is 11.8 Å². The molecule has 2 aromatic carbocycles. The second kappa shape index (κ2) is 10.8. The average Bonchev–Trinajstić information content (AvgIpc) is 3.24. The van der Waals surface area contributed by atoms with Gasteiger partial charge in [-0.25, -0.2) is 0 Å². The Morgan fingerprint density at radius 3 is 2.15 bits per heavy atom. The number of fused-ring (bicyclic) bond motifs is 4. The number of hydrogen-bond acceptors (Lipinski definition) is 4. The Morgan fingerprint density at radius 2 is 1.50 bits per heavy atom. The van der Waals surface area contributed by atoms with Gasteiger partial charge in [0.25, 0.3) is 0 Å². The molecule has 4 aliphatic rings. The Hall–Kier alpha value is -2.53. The van der Waals surface area contributed by atoms with Crippen LogP contribution in [0.3, 0.4) is 0 Å². The van der Waals surface area contributed by atoms with Crippen LogP contribution in [0.4, 0.5) is 5.69 Å². The van der Waals surface area contributed by atoms with E-state index in [9.17, 15) is 4.79 Å². The van der Waals surface area contributed by atoms with E-state index in [2.05, 4.69) is 51.1 Å². The number of piperazine rings is 1. The number of amides is 1. The first kappa shape index (κ1) is 23.2. The standard InChI is InChI=1S/C29H39N3O2/c1-34-28-10-6-5-9-27(28)31-19-17-30(18-20-31)16-15-26(25-7-3-2-4-8-25)29(33)32-21-23-11-12-24(22-32)14-13-23/h2-10,23-24,26H,11-22H2,1H3. The highest BCUT2D eigenvalue weighted by molar-refractivity contribution is 5.84. The lowest BCUT2D eigenvalue weighted by molar-refractivity contribution is -0.133. The molecule has 1 saturated carbocycles. The van der Waals surface area contributed by atoms with Gasteiger partial charge in [0.05, 0.1) is 18.7 Å². The summed E-state index contributed by atoms with van der Waals surface area (Å²) in [5.74, 6) is 2.69. The maximum absolute atomic E-state index is 13.8. The lowest BCUT2D eigenvalue weighted by Crippen LogP contribution is -2.47. The highest BCUT2D eigenvalue weighted by atomic mass is 16.5. The van der Waals surface area contributed by atoms with Crippen LogP contribution in [-0.2, 0) is 4.79 Å². The molecule has 0 N–H and O–H groups in total. The van der Waals surface area contributed by atoms with Crippen LogP contribution in [-0.4, -0.2) is 68.6 Å². The Balaban J connectivity index is 1.22. The predicted molar refractivity (Wildman–Crippen MR) is 137 cm³/mol. The molecule has 1 unspecified atom stereocenters. The average molecular weight is 462 g/mol. The van der Waals surface area contributed by atoms with Gasteiger partial charge in [-0.05, 0) is 68.2 Å². The van der Waals surface area contributed by atoms with Crippen LogP contribution in [0.1, 0.15) is 43.6 Å². The lowest BCUT2D eigenvalue weighted by atomic mass is 9.84. The summed E-state index contributed by atoms with van der Waals surface area (Å²) in [4.78, 5) is 21.0. The summed E-state index contributed by atoms with van der Waals surface area (Å²) >= 11 is 0. The molecule has 182 valence electrons. The number of para-hydroxylation sites is 2. The highest BCUT2D eigenvalue weighted by Gasteiger charge is 2.35. The van der Waals surface area contributed by atoms with Crippen molar-refractivity contribution in [2.75, 3.05) is 57.8 Å². The minimum Gasteiger partial charge on any atom is -0.495 e. The number of nitrogens with zero attached hydrogens (tertiary/aromatic N) is 3. The van der Waals surface area contributed by atoms with Gasteiger partial charge in [0, 0.05) is 39.3 Å². The monoisotopic (exact) mass is 461 g/mol. The maximum Gasteiger partial charge on any atom is 0.230 e. The number of hydrogen-bond donors (Lipinski definition) is 0. The molecule has 1 aliphatic carbocycles. The van der Waals surface area contributed by atoms with Crippen molar-refractivity contribution < 1.29 is 9.53 Å². The third kappa shape index (κ3) is 5.25. The summed E-state index contributed by atoms with van der Waals surface area (Å²) in [7, 11) is 1.74. The largest absolute Gasteiger partial charge is 0.495 e. The van der Waals surface area contributed by atoms with Gasteiger partial charge in [-0.15, -0.1) is 0 Å². The highest BCUT2D eigenvalue weighted by Crippen LogP contribution is 2.36. The maximum atomic E-state index is 13.8. The predicted octanol–water partition coefficient (Wildman–Crippen LogP) is 4.64. The molecule has 1 amide bonds. The number of methoxy groups -OCH3 is 1. The molecule has 6 rings (SSSR count). The van der Waals surface area contributed by atoms with Gasteiger partial charge in [-0.3, -0.25) is 9.69 Å². The zero-order chi connectivity index (χ0) is 23.3. The lowest BCUT2D eigenvalue weighted by Gasteiger charge is -2.37. The molecule has 1 atom stereocenters. The molecule has 3 saturated heterocycles. The fourth-order valence-electron chi connectivity index (χ4n) is 6.23. The van der Waals surface area contributed by atoms with Crippen molar-refractivity contribution in [3.63, 3.8) is 0 Å². The van der Waals surface area contributed by atoms with E-state index in [4.69, 9.17) is 4.74 Å². The van der Waals surface area contributed by atoms with Gasteiger partial charge in [0.1, 0.15) is 5.75 Å². The minimum absolute atomic E-state index is 0.0362. The summed E-state index contributed by atoms with van der Waals surface area (Å²) < 4.78 is 5.57. The van der Waals surface area contributed by atoms with Crippen LogP contribution in [0.25, 0.3) is 0 Å². The molecule has 0 radical (unpaired) electrons. The molecule has 0 spiro atoms. The summed E-state index contributed by atoms with van der Waals surface area (Å²) in [5.41, 5.74) is 2.36. The van der Waals surface area contributed by atoms with Crippen molar-refractivity contribution in [1.82, 2.24) is 9.80 Å². The van der Waals surface area contributed by atoms with Crippen LogP contribution in [0, 0.1) is 11.8 Å². The number of ether oxygens (including phenoxy) is 1. The van der Waals surface area contributed by atoms with E-state index >= 15 is 0 Å². The fourth-order valence-corrected chi connectivity index (χ4v) is 6.23. The smallest absolute Gasteiger partial charge is 0.230 e. The molecule has 34 heavy (non-hydrogen) atoms. The second-order valence-corrected chi connectivity index (χ2v) is 10.4. The van der Waals surface area contributed by atoms with Gasteiger partial charge >= 0.3 is 0 Å². The summed E-state index contributed by atoms with van der Waals surface area (Å²) in [5, 5.41) is 0. The quantitative estimate of drug-likeness (QED) is 0.602. The number of carbonyl (C=O) groups excluding carboxylic acids is 1. The minimum atomic E-state index is -0.0362. The first-order valence-electron chi connectivity index (χ1n) is 13.2. The van der Waals surface area contributed by atoms with Crippen LogP contribution < -0.4 is 9.64 Å². The summed E-state index contributed by atoms with van der Waals surface area (Å²) in [6.07, 6.45) is 6.12.